The van der Waals surface area contributed by atoms with Crippen LogP contribution in [0.4, 0.5) is 0 Å². The van der Waals surface area contributed by atoms with E-state index in [0.717, 1.165) is 41.7 Å². The van der Waals surface area contributed by atoms with Gasteiger partial charge in [0.25, 0.3) is 0 Å². The molecule has 1 saturated heterocycles. The van der Waals surface area contributed by atoms with Crippen molar-refractivity contribution in [3.05, 3.63) is 36.0 Å². The smallest absolute Gasteiger partial charge is 0.237 e. The van der Waals surface area contributed by atoms with Crippen molar-refractivity contribution in [2.75, 3.05) is 26.7 Å². The summed E-state index contributed by atoms with van der Waals surface area (Å²) in [5.74, 6) is 0.877. The monoisotopic (exact) mass is 341 g/mol. The highest BCUT2D eigenvalue weighted by Crippen LogP contribution is 2.23. The second kappa shape index (κ2) is 8.30. The van der Waals surface area contributed by atoms with Crippen molar-refractivity contribution < 1.29 is 9.53 Å². The van der Waals surface area contributed by atoms with Crippen LogP contribution in [0, 0.1) is 6.92 Å². The summed E-state index contributed by atoms with van der Waals surface area (Å²) in [5.41, 5.74) is 1.84. The quantitative estimate of drug-likeness (QED) is 0.850. The molecule has 2 heterocycles. The molecule has 0 bridgehead atoms. The lowest BCUT2D eigenvalue weighted by molar-refractivity contribution is -0.126. The summed E-state index contributed by atoms with van der Waals surface area (Å²) < 4.78 is 5.87. The van der Waals surface area contributed by atoms with Gasteiger partial charge in [0.2, 0.25) is 5.91 Å². The number of hydrogen-bond acceptors (Lipinski definition) is 4. The van der Waals surface area contributed by atoms with E-state index < -0.39 is 0 Å². The van der Waals surface area contributed by atoms with Gasteiger partial charge in [0, 0.05) is 11.1 Å². The Kier molecular flexibility index (Phi) is 5.87. The molecule has 5 heteroatoms. The number of rotatable bonds is 5. The van der Waals surface area contributed by atoms with Crippen molar-refractivity contribution >= 4 is 16.8 Å². The molecule has 0 saturated carbocycles. The first-order chi connectivity index (χ1) is 12.1. The first-order valence-corrected chi connectivity index (χ1v) is 9.12. The number of para-hydroxylation sites is 1. The molecule has 2 aromatic rings. The van der Waals surface area contributed by atoms with E-state index in [9.17, 15) is 4.79 Å². The summed E-state index contributed by atoms with van der Waals surface area (Å²) in [7, 11) is 2.04. The fraction of sp³-hybridized carbons (Fsp3) is 0.500. The molecule has 1 N–H and O–H groups in total. The summed E-state index contributed by atoms with van der Waals surface area (Å²) in [6.07, 6.45) is 4.46. The molecule has 5 nitrogen and oxygen atoms in total. The minimum Gasteiger partial charge on any atom is -0.489 e. The molecule has 1 atom stereocenters. The molecular formula is C20H27N3O2. The predicted octanol–water partition coefficient (Wildman–Crippen LogP) is 2.91. The molecule has 3 rings (SSSR count). The van der Waals surface area contributed by atoms with Crippen LogP contribution < -0.4 is 10.1 Å². The lowest BCUT2D eigenvalue weighted by Crippen LogP contribution is -2.45. The highest BCUT2D eigenvalue weighted by molar-refractivity contribution is 5.84. The Morgan fingerprint density at radius 2 is 2.16 bits per heavy atom. The van der Waals surface area contributed by atoms with Crippen molar-refractivity contribution in [2.45, 2.75) is 38.6 Å². The molecule has 134 valence electrons. The van der Waals surface area contributed by atoms with Crippen LogP contribution in [-0.2, 0) is 4.79 Å². The third kappa shape index (κ3) is 4.48. The van der Waals surface area contributed by atoms with Crippen molar-refractivity contribution in [2.24, 2.45) is 0 Å². The zero-order chi connectivity index (χ0) is 17.6. The molecule has 0 aliphatic carbocycles. The van der Waals surface area contributed by atoms with Gasteiger partial charge >= 0.3 is 0 Å². The van der Waals surface area contributed by atoms with Gasteiger partial charge < -0.3 is 10.1 Å². The van der Waals surface area contributed by atoms with Crippen LogP contribution in [0.1, 0.15) is 31.4 Å². The molecule has 0 spiro atoms. The minimum atomic E-state index is -0.00984. The Morgan fingerprint density at radius 1 is 1.28 bits per heavy atom. The maximum Gasteiger partial charge on any atom is 0.237 e. The lowest BCUT2D eigenvalue weighted by Gasteiger charge is -2.24. The van der Waals surface area contributed by atoms with E-state index >= 15 is 0 Å². The van der Waals surface area contributed by atoms with E-state index in [4.69, 9.17) is 4.74 Å². The van der Waals surface area contributed by atoms with Gasteiger partial charge in [0.05, 0.1) is 12.6 Å². The Bertz CT molecular complexity index is 732. The largest absolute Gasteiger partial charge is 0.489 e. The van der Waals surface area contributed by atoms with Crippen LogP contribution in [0.25, 0.3) is 10.9 Å². The average molecular weight is 341 g/mol. The summed E-state index contributed by atoms with van der Waals surface area (Å²) in [6, 6.07) is 9.95. The number of likely N-dealkylation sites (tertiary alicyclic amines) is 1. The van der Waals surface area contributed by atoms with Crippen molar-refractivity contribution in [1.29, 1.82) is 0 Å². The van der Waals surface area contributed by atoms with E-state index in [1.165, 1.54) is 12.8 Å². The minimum absolute atomic E-state index is 0.00984. The van der Waals surface area contributed by atoms with Crippen LogP contribution >= 0.6 is 0 Å². The first-order valence-electron chi connectivity index (χ1n) is 9.12. The number of aryl methyl sites for hydroxylation is 1. The third-order valence-corrected chi connectivity index (χ3v) is 4.80. The van der Waals surface area contributed by atoms with Gasteiger partial charge in [-0.1, -0.05) is 31.0 Å². The molecular weight excluding hydrogens is 314 g/mol. The van der Waals surface area contributed by atoms with E-state index in [0.29, 0.717) is 13.2 Å². The molecule has 1 aromatic heterocycles. The van der Waals surface area contributed by atoms with Crippen LogP contribution in [0.3, 0.4) is 0 Å². The van der Waals surface area contributed by atoms with Crippen molar-refractivity contribution in [3.8, 4) is 5.75 Å². The zero-order valence-corrected chi connectivity index (χ0v) is 15.1. The molecule has 1 aliphatic rings. The molecule has 1 fully saturated rings. The van der Waals surface area contributed by atoms with Gasteiger partial charge in [0.1, 0.15) is 17.9 Å². The second-order valence-electron chi connectivity index (χ2n) is 6.77. The van der Waals surface area contributed by atoms with Gasteiger partial charge in [-0.05, 0) is 45.5 Å². The zero-order valence-electron chi connectivity index (χ0n) is 15.1. The van der Waals surface area contributed by atoms with E-state index in [1.807, 2.05) is 44.3 Å². The number of amides is 1. The standard InChI is InChI=1S/C20H27N3O2/c1-15-10-11-16-7-6-9-18(19(16)22-15)25-14-12-21-20(24)17-8-4-3-5-13-23(17)2/h6-7,9-11,17H,3-5,8,12-14H2,1-2H3,(H,21,24). The number of pyridine rings is 1. The normalized spacial score (nSPS) is 18.7. The van der Waals surface area contributed by atoms with Crippen LogP contribution in [0.2, 0.25) is 0 Å². The molecule has 1 aliphatic heterocycles. The van der Waals surface area contributed by atoms with Crippen molar-refractivity contribution in [3.63, 3.8) is 0 Å². The fourth-order valence-electron chi connectivity index (χ4n) is 3.37. The topological polar surface area (TPSA) is 54.5 Å². The van der Waals surface area contributed by atoms with E-state index in [2.05, 4.69) is 15.2 Å². The maximum atomic E-state index is 12.4. The number of ether oxygens (including phenoxy) is 1. The van der Waals surface area contributed by atoms with Crippen LogP contribution in [0.15, 0.2) is 30.3 Å². The van der Waals surface area contributed by atoms with E-state index in [-0.39, 0.29) is 11.9 Å². The number of likely N-dealkylation sites (N-methyl/N-ethyl adjacent to an activating group) is 1. The molecule has 1 unspecified atom stereocenters. The molecule has 1 aromatic carbocycles. The number of aromatic nitrogens is 1. The third-order valence-electron chi connectivity index (χ3n) is 4.80. The highest BCUT2D eigenvalue weighted by Gasteiger charge is 2.24. The van der Waals surface area contributed by atoms with Gasteiger partial charge in [0.15, 0.2) is 0 Å². The highest BCUT2D eigenvalue weighted by atomic mass is 16.5. The average Bonchev–Trinajstić information content (AvgIpc) is 2.83. The van der Waals surface area contributed by atoms with Gasteiger partial charge in [-0.15, -0.1) is 0 Å². The lowest BCUT2D eigenvalue weighted by atomic mass is 10.1. The fourth-order valence-corrected chi connectivity index (χ4v) is 3.37. The predicted molar refractivity (Wildman–Crippen MR) is 99.9 cm³/mol. The Labute approximate surface area is 149 Å². The SMILES string of the molecule is Cc1ccc2cccc(OCCNC(=O)C3CCCCCN3C)c2n1. The molecule has 1 amide bonds. The van der Waals surface area contributed by atoms with Gasteiger partial charge in [-0.3, -0.25) is 9.69 Å². The van der Waals surface area contributed by atoms with Gasteiger partial charge in [-0.2, -0.15) is 0 Å². The van der Waals surface area contributed by atoms with Gasteiger partial charge in [-0.25, -0.2) is 4.98 Å². The number of nitrogens with one attached hydrogen (secondary N) is 1. The Balaban J connectivity index is 1.53. The first kappa shape index (κ1) is 17.7. The Hall–Kier alpha value is -2.14. The van der Waals surface area contributed by atoms with Crippen LogP contribution in [0.5, 0.6) is 5.75 Å². The summed E-state index contributed by atoms with van der Waals surface area (Å²) in [4.78, 5) is 19.1. The number of fused-ring (bicyclic) bond motifs is 1. The molecule has 25 heavy (non-hydrogen) atoms. The second-order valence-corrected chi connectivity index (χ2v) is 6.77. The summed E-state index contributed by atoms with van der Waals surface area (Å²) >= 11 is 0. The van der Waals surface area contributed by atoms with Crippen LogP contribution in [-0.4, -0.2) is 48.6 Å². The summed E-state index contributed by atoms with van der Waals surface area (Å²) in [6.45, 7) is 3.91. The Morgan fingerprint density at radius 3 is 3.04 bits per heavy atom. The number of carbonyl (C=O) groups is 1. The van der Waals surface area contributed by atoms with E-state index in [1.54, 1.807) is 0 Å². The number of benzene rings is 1. The molecule has 0 radical (unpaired) electrons. The number of hydrogen-bond donors (Lipinski definition) is 1. The number of carbonyl (C=O) groups excluding carboxylic acids is 1. The maximum absolute atomic E-state index is 12.4. The number of nitrogens with zero attached hydrogens (tertiary/aromatic N) is 2. The summed E-state index contributed by atoms with van der Waals surface area (Å²) in [5, 5.41) is 4.08. The van der Waals surface area contributed by atoms with Crippen molar-refractivity contribution in [1.82, 2.24) is 15.2 Å².